The smallest absolute Gasteiger partial charge is 0.117 e. The van der Waals surface area contributed by atoms with Crippen LogP contribution in [0, 0.1) is 22.9 Å². The van der Waals surface area contributed by atoms with Crippen molar-refractivity contribution in [1.29, 1.82) is 0 Å². The zero-order valence-corrected chi connectivity index (χ0v) is 13.8. The molecule has 0 saturated carbocycles. The number of hydrogen-bond donors (Lipinski definition) is 0. The Labute approximate surface area is 105 Å². The standard InChI is InChI=1S/2C7H12Si/c2*1-4-5-6-7-8(2)3/h2*4-5,8H,1-3H3/b5-4+;5-4-. The van der Waals surface area contributed by atoms with Crippen molar-refractivity contribution in [3.05, 3.63) is 24.3 Å². The summed E-state index contributed by atoms with van der Waals surface area (Å²) in [6.45, 7) is 12.8. The molecule has 0 aliphatic heterocycles. The van der Waals surface area contributed by atoms with E-state index in [-0.39, 0.29) is 0 Å². The summed E-state index contributed by atoms with van der Waals surface area (Å²) in [6, 6.07) is 0. The maximum absolute atomic E-state index is 3.15. The molecule has 0 aromatic carbocycles. The molecule has 0 fully saturated rings. The van der Waals surface area contributed by atoms with Gasteiger partial charge in [0, 0.05) is 0 Å². The van der Waals surface area contributed by atoms with Gasteiger partial charge in [0.25, 0.3) is 0 Å². The van der Waals surface area contributed by atoms with Crippen LogP contribution in [-0.4, -0.2) is 17.6 Å². The third-order valence-electron chi connectivity index (χ3n) is 1.24. The molecule has 0 unspecified atom stereocenters. The highest BCUT2D eigenvalue weighted by molar-refractivity contribution is 6.65. The molecule has 0 saturated heterocycles. The van der Waals surface area contributed by atoms with Crippen LogP contribution in [0.25, 0.3) is 0 Å². The number of rotatable bonds is 0. The highest BCUT2D eigenvalue weighted by Gasteiger charge is 1.81. The van der Waals surface area contributed by atoms with Gasteiger partial charge in [0.15, 0.2) is 0 Å². The van der Waals surface area contributed by atoms with Crippen LogP contribution < -0.4 is 0 Å². The van der Waals surface area contributed by atoms with Crippen molar-refractivity contribution in [2.45, 2.75) is 40.0 Å². The van der Waals surface area contributed by atoms with E-state index in [0.717, 1.165) is 0 Å². The Morgan fingerprint density at radius 1 is 0.688 bits per heavy atom. The monoisotopic (exact) mass is 248 g/mol. The Kier molecular flexibility index (Phi) is 15.3. The van der Waals surface area contributed by atoms with Crippen molar-refractivity contribution in [3.8, 4) is 22.9 Å². The fourth-order valence-electron chi connectivity index (χ4n) is 0.596. The second-order valence-electron chi connectivity index (χ2n) is 3.89. The molecular weight excluding hydrogens is 224 g/mol. The minimum atomic E-state index is -0.614. The van der Waals surface area contributed by atoms with Gasteiger partial charge in [-0.2, -0.15) is 0 Å². The quantitative estimate of drug-likeness (QED) is 0.456. The van der Waals surface area contributed by atoms with E-state index in [2.05, 4.69) is 49.1 Å². The van der Waals surface area contributed by atoms with E-state index in [9.17, 15) is 0 Å². The molecule has 0 aliphatic carbocycles. The topological polar surface area (TPSA) is 0 Å². The van der Waals surface area contributed by atoms with Gasteiger partial charge in [-0.15, -0.1) is 11.1 Å². The molecule has 0 bridgehead atoms. The SMILES string of the molecule is C/C=C/C#C[SiH](C)C.C/C=C\C#C[SiH](C)C. The molecule has 0 heterocycles. The second kappa shape index (κ2) is 14.0. The average Bonchev–Trinajstić information content (AvgIpc) is 2.18. The first-order valence-electron chi connectivity index (χ1n) is 5.79. The van der Waals surface area contributed by atoms with E-state index in [4.69, 9.17) is 0 Å². The van der Waals surface area contributed by atoms with Gasteiger partial charge < -0.3 is 0 Å². The van der Waals surface area contributed by atoms with Crippen molar-refractivity contribution in [1.82, 2.24) is 0 Å². The Morgan fingerprint density at radius 3 is 1.19 bits per heavy atom. The average molecular weight is 249 g/mol. The summed E-state index contributed by atoms with van der Waals surface area (Å²) in [5.41, 5.74) is 6.30. The first kappa shape index (κ1) is 17.4. The molecule has 0 radical (unpaired) electrons. The summed E-state index contributed by atoms with van der Waals surface area (Å²) in [5, 5.41) is 0. The molecule has 0 rings (SSSR count). The van der Waals surface area contributed by atoms with Gasteiger partial charge in [-0.1, -0.05) is 50.2 Å². The molecule has 0 atom stereocenters. The van der Waals surface area contributed by atoms with Crippen molar-refractivity contribution in [3.63, 3.8) is 0 Å². The predicted molar refractivity (Wildman–Crippen MR) is 82.9 cm³/mol. The maximum Gasteiger partial charge on any atom is 0.117 e. The molecule has 2 heteroatoms. The molecule has 0 amide bonds. The first-order valence-corrected chi connectivity index (χ1v) is 11.6. The van der Waals surface area contributed by atoms with Gasteiger partial charge in [-0.3, -0.25) is 0 Å². The molecule has 0 aromatic rings. The third kappa shape index (κ3) is 23.1. The van der Waals surface area contributed by atoms with E-state index in [1.54, 1.807) is 0 Å². The highest BCUT2D eigenvalue weighted by atomic mass is 28.3. The van der Waals surface area contributed by atoms with E-state index in [0.29, 0.717) is 0 Å². The summed E-state index contributed by atoms with van der Waals surface area (Å²) >= 11 is 0. The molecule has 0 nitrogen and oxygen atoms in total. The Morgan fingerprint density at radius 2 is 1.00 bits per heavy atom. The molecule has 16 heavy (non-hydrogen) atoms. The van der Waals surface area contributed by atoms with Gasteiger partial charge >= 0.3 is 0 Å². The van der Waals surface area contributed by atoms with Crippen LogP contribution in [0.15, 0.2) is 24.3 Å². The van der Waals surface area contributed by atoms with E-state index < -0.39 is 17.6 Å². The summed E-state index contributed by atoms with van der Waals surface area (Å²) < 4.78 is 0. The number of hydrogen-bond acceptors (Lipinski definition) is 0. The van der Waals surface area contributed by atoms with Crippen LogP contribution >= 0.6 is 0 Å². The van der Waals surface area contributed by atoms with Crippen LogP contribution in [0.3, 0.4) is 0 Å². The summed E-state index contributed by atoms with van der Waals surface area (Å²) in [4.78, 5) is 0. The zero-order valence-electron chi connectivity index (χ0n) is 11.5. The lowest BCUT2D eigenvalue weighted by Gasteiger charge is -1.79. The van der Waals surface area contributed by atoms with E-state index >= 15 is 0 Å². The van der Waals surface area contributed by atoms with Crippen molar-refractivity contribution >= 4 is 17.6 Å². The summed E-state index contributed by atoms with van der Waals surface area (Å²) in [5.74, 6) is 5.93. The summed E-state index contributed by atoms with van der Waals surface area (Å²) in [6.07, 6.45) is 7.72. The van der Waals surface area contributed by atoms with Crippen LogP contribution in [0.2, 0.25) is 26.2 Å². The molecule has 0 N–H and O–H groups in total. The minimum absolute atomic E-state index is 0.614. The van der Waals surface area contributed by atoms with Crippen LogP contribution in [-0.2, 0) is 0 Å². The first-order chi connectivity index (χ1) is 7.54. The highest BCUT2D eigenvalue weighted by Crippen LogP contribution is 1.74. The molecule has 0 aromatic heterocycles. The molecule has 0 aliphatic rings. The molecular formula is C14H24Si2. The third-order valence-corrected chi connectivity index (χ3v) is 2.73. The van der Waals surface area contributed by atoms with Crippen LogP contribution in [0.1, 0.15) is 13.8 Å². The Balaban J connectivity index is 0. The van der Waals surface area contributed by atoms with Gasteiger partial charge in [-0.25, -0.2) is 0 Å². The summed E-state index contributed by atoms with van der Waals surface area (Å²) in [7, 11) is -1.23. The fourth-order valence-corrected chi connectivity index (χ4v) is 1.46. The lowest BCUT2D eigenvalue weighted by molar-refractivity contribution is 1.76. The lowest BCUT2D eigenvalue weighted by Crippen LogP contribution is -1.92. The van der Waals surface area contributed by atoms with Gasteiger partial charge in [-0.05, 0) is 26.0 Å². The normalized spacial score (nSPS) is 9.50. The van der Waals surface area contributed by atoms with Crippen molar-refractivity contribution < 1.29 is 0 Å². The van der Waals surface area contributed by atoms with Gasteiger partial charge in [0.2, 0.25) is 0 Å². The Hall–Kier alpha value is -0.966. The molecule has 88 valence electrons. The Bertz CT molecular complexity index is 280. The van der Waals surface area contributed by atoms with Gasteiger partial charge in [0.05, 0.1) is 0 Å². The second-order valence-corrected chi connectivity index (χ2v) is 9.08. The lowest BCUT2D eigenvalue weighted by atomic mass is 10.6. The predicted octanol–water partition coefficient (Wildman–Crippen LogP) is 3.18. The van der Waals surface area contributed by atoms with E-state index in [1.165, 1.54) is 0 Å². The van der Waals surface area contributed by atoms with Crippen molar-refractivity contribution in [2.24, 2.45) is 0 Å². The van der Waals surface area contributed by atoms with Gasteiger partial charge in [0.1, 0.15) is 17.6 Å². The van der Waals surface area contributed by atoms with E-state index in [1.807, 2.05) is 38.2 Å². The number of allylic oxidation sites excluding steroid dienone is 4. The maximum atomic E-state index is 3.15. The molecule has 0 spiro atoms. The minimum Gasteiger partial charge on any atom is -0.131 e. The van der Waals surface area contributed by atoms with Crippen molar-refractivity contribution in [2.75, 3.05) is 0 Å². The fraction of sp³-hybridized carbons (Fsp3) is 0.429. The largest absolute Gasteiger partial charge is 0.131 e. The van der Waals surface area contributed by atoms with Crippen LogP contribution in [0.5, 0.6) is 0 Å². The zero-order chi connectivity index (χ0) is 12.8. The van der Waals surface area contributed by atoms with Crippen LogP contribution in [0.4, 0.5) is 0 Å².